The maximum Gasteiger partial charge on any atom is 0.000957 e. The zero-order chi connectivity index (χ0) is 11.6. The predicted molar refractivity (Wildman–Crippen MR) is 71.8 cm³/mol. The first-order valence-corrected chi connectivity index (χ1v) is 7.29. The maximum atomic E-state index is 3.48. The van der Waals surface area contributed by atoms with Crippen LogP contribution >= 0.6 is 0 Å². The molecule has 96 valence electrons. The van der Waals surface area contributed by atoms with Crippen LogP contribution in [0.4, 0.5) is 0 Å². The molecule has 1 atom stereocenters. The smallest absolute Gasteiger partial charge is 0.000957 e. The molecule has 0 aromatic carbocycles. The monoisotopic (exact) mass is 226 g/mol. The van der Waals surface area contributed by atoms with Gasteiger partial charge in [-0.15, -0.1) is 0 Å². The summed E-state index contributed by atoms with van der Waals surface area (Å²) in [4.78, 5) is 2.70. The Morgan fingerprint density at radius 3 is 2.38 bits per heavy atom. The molecule has 1 N–H and O–H groups in total. The van der Waals surface area contributed by atoms with Gasteiger partial charge in [-0.05, 0) is 51.4 Å². The van der Waals surface area contributed by atoms with Crippen molar-refractivity contribution in [3.63, 3.8) is 0 Å². The fourth-order valence-corrected chi connectivity index (χ4v) is 2.56. The Kier molecular flexibility index (Phi) is 7.87. The van der Waals surface area contributed by atoms with E-state index in [-0.39, 0.29) is 0 Å². The van der Waals surface area contributed by atoms with Crippen molar-refractivity contribution in [2.45, 2.75) is 52.4 Å². The molecule has 0 bridgehead atoms. The van der Waals surface area contributed by atoms with Gasteiger partial charge in [0.2, 0.25) is 0 Å². The van der Waals surface area contributed by atoms with E-state index in [1.807, 2.05) is 0 Å². The lowest BCUT2D eigenvalue weighted by Crippen LogP contribution is -2.36. The Hall–Kier alpha value is -0.0800. The van der Waals surface area contributed by atoms with Gasteiger partial charge < -0.3 is 10.2 Å². The second-order valence-corrected chi connectivity index (χ2v) is 5.17. The van der Waals surface area contributed by atoms with E-state index in [0.717, 1.165) is 5.92 Å². The van der Waals surface area contributed by atoms with Crippen molar-refractivity contribution in [2.24, 2.45) is 5.92 Å². The number of unbranched alkanes of at least 4 members (excludes halogenated alkanes) is 1. The van der Waals surface area contributed by atoms with Gasteiger partial charge in [0.1, 0.15) is 0 Å². The normalized spacial score (nSPS) is 21.4. The first-order chi connectivity index (χ1) is 7.86. The van der Waals surface area contributed by atoms with Crippen molar-refractivity contribution in [1.82, 2.24) is 10.2 Å². The first-order valence-electron chi connectivity index (χ1n) is 7.29. The average Bonchev–Trinajstić information content (AvgIpc) is 2.26. The third-order valence-electron chi connectivity index (χ3n) is 3.72. The molecule has 2 nitrogen and oxygen atoms in total. The first kappa shape index (κ1) is 14.0. The molecule has 1 aliphatic rings. The van der Waals surface area contributed by atoms with Gasteiger partial charge in [0.15, 0.2) is 0 Å². The summed E-state index contributed by atoms with van der Waals surface area (Å²) in [5.74, 6) is 0.937. The molecule has 16 heavy (non-hydrogen) atoms. The van der Waals surface area contributed by atoms with E-state index in [4.69, 9.17) is 0 Å². The maximum absolute atomic E-state index is 3.48. The number of hydrogen-bond acceptors (Lipinski definition) is 2. The Balaban J connectivity index is 2.24. The summed E-state index contributed by atoms with van der Waals surface area (Å²) in [6, 6.07) is 0. The molecule has 0 saturated carbocycles. The summed E-state index contributed by atoms with van der Waals surface area (Å²) >= 11 is 0. The lowest BCUT2D eigenvalue weighted by molar-refractivity contribution is 0.205. The fourth-order valence-electron chi connectivity index (χ4n) is 2.56. The summed E-state index contributed by atoms with van der Waals surface area (Å²) < 4.78 is 0. The van der Waals surface area contributed by atoms with Crippen LogP contribution in [-0.2, 0) is 0 Å². The largest absolute Gasteiger partial charge is 0.317 e. The number of nitrogens with zero attached hydrogens (tertiary/aromatic N) is 1. The predicted octanol–water partition coefficient (Wildman–Crippen LogP) is 2.89. The Labute approximate surface area is 102 Å². The van der Waals surface area contributed by atoms with Gasteiger partial charge in [-0.1, -0.05) is 33.1 Å². The van der Waals surface area contributed by atoms with Gasteiger partial charge in [0.25, 0.3) is 0 Å². The third-order valence-corrected chi connectivity index (χ3v) is 3.72. The van der Waals surface area contributed by atoms with E-state index >= 15 is 0 Å². The Morgan fingerprint density at radius 2 is 1.81 bits per heavy atom. The minimum Gasteiger partial charge on any atom is -0.317 e. The van der Waals surface area contributed by atoms with Crippen LogP contribution < -0.4 is 5.32 Å². The van der Waals surface area contributed by atoms with Gasteiger partial charge in [-0.3, -0.25) is 0 Å². The molecule has 1 saturated heterocycles. The molecule has 0 spiro atoms. The van der Waals surface area contributed by atoms with Gasteiger partial charge >= 0.3 is 0 Å². The van der Waals surface area contributed by atoms with Crippen LogP contribution in [0.15, 0.2) is 0 Å². The van der Waals surface area contributed by atoms with Gasteiger partial charge in [-0.25, -0.2) is 0 Å². The molecule has 1 unspecified atom stereocenters. The molecule has 0 aliphatic carbocycles. The zero-order valence-electron chi connectivity index (χ0n) is 11.3. The zero-order valence-corrected chi connectivity index (χ0v) is 11.3. The van der Waals surface area contributed by atoms with E-state index in [0.29, 0.717) is 0 Å². The summed E-state index contributed by atoms with van der Waals surface area (Å²) in [7, 11) is 0. The van der Waals surface area contributed by atoms with Crippen molar-refractivity contribution in [2.75, 3.05) is 32.7 Å². The van der Waals surface area contributed by atoms with Crippen molar-refractivity contribution >= 4 is 0 Å². The van der Waals surface area contributed by atoms with E-state index in [2.05, 4.69) is 24.1 Å². The molecule has 0 aromatic heterocycles. The second-order valence-electron chi connectivity index (χ2n) is 5.17. The fraction of sp³-hybridized carbons (Fsp3) is 1.00. The number of hydrogen-bond donors (Lipinski definition) is 1. The molecule has 2 heteroatoms. The van der Waals surface area contributed by atoms with Crippen LogP contribution in [0, 0.1) is 5.92 Å². The quantitative estimate of drug-likeness (QED) is 0.749. The summed E-state index contributed by atoms with van der Waals surface area (Å²) in [6.45, 7) is 11.0. The molecule has 1 fully saturated rings. The lowest BCUT2D eigenvalue weighted by Gasteiger charge is -2.28. The highest BCUT2D eigenvalue weighted by Crippen LogP contribution is 2.15. The van der Waals surface area contributed by atoms with Crippen LogP contribution in [0.2, 0.25) is 0 Å². The van der Waals surface area contributed by atoms with E-state index in [9.17, 15) is 0 Å². The second kappa shape index (κ2) is 9.00. The van der Waals surface area contributed by atoms with Gasteiger partial charge in [0.05, 0.1) is 0 Å². The highest BCUT2D eigenvalue weighted by Gasteiger charge is 2.13. The molecule has 0 amide bonds. The van der Waals surface area contributed by atoms with Gasteiger partial charge in [-0.2, -0.15) is 0 Å². The van der Waals surface area contributed by atoms with Crippen molar-refractivity contribution in [3.8, 4) is 0 Å². The molecule has 0 radical (unpaired) electrons. The standard InChI is InChI=1S/C14H30N2/c1-3-5-8-14(4-2)13-16-11-6-9-15-10-7-12-16/h14-15H,3-13H2,1-2H3. The molecule has 1 heterocycles. The van der Waals surface area contributed by atoms with E-state index in [1.54, 1.807) is 0 Å². The summed E-state index contributed by atoms with van der Waals surface area (Å²) in [5.41, 5.74) is 0. The molecule has 1 rings (SSSR count). The van der Waals surface area contributed by atoms with Crippen LogP contribution in [-0.4, -0.2) is 37.6 Å². The summed E-state index contributed by atoms with van der Waals surface area (Å²) in [6.07, 6.45) is 8.19. The van der Waals surface area contributed by atoms with Crippen molar-refractivity contribution < 1.29 is 0 Å². The third kappa shape index (κ3) is 5.86. The average molecular weight is 226 g/mol. The highest BCUT2D eigenvalue weighted by molar-refractivity contribution is 4.68. The Morgan fingerprint density at radius 1 is 1.12 bits per heavy atom. The molecular weight excluding hydrogens is 196 g/mol. The molecular formula is C14H30N2. The van der Waals surface area contributed by atoms with Crippen molar-refractivity contribution in [1.29, 1.82) is 0 Å². The highest BCUT2D eigenvalue weighted by atomic mass is 15.1. The van der Waals surface area contributed by atoms with Crippen molar-refractivity contribution in [3.05, 3.63) is 0 Å². The van der Waals surface area contributed by atoms with Crippen LogP contribution in [0.3, 0.4) is 0 Å². The van der Waals surface area contributed by atoms with Crippen LogP contribution in [0.5, 0.6) is 0 Å². The number of nitrogens with one attached hydrogen (secondary N) is 1. The van der Waals surface area contributed by atoms with Crippen LogP contribution in [0.25, 0.3) is 0 Å². The van der Waals surface area contributed by atoms with Gasteiger partial charge in [0, 0.05) is 6.54 Å². The number of rotatable bonds is 6. The SMILES string of the molecule is CCCCC(CC)CN1CCCNCCC1. The van der Waals surface area contributed by atoms with E-state index < -0.39 is 0 Å². The molecule has 1 aliphatic heterocycles. The minimum atomic E-state index is 0.937. The van der Waals surface area contributed by atoms with E-state index in [1.165, 1.54) is 71.2 Å². The van der Waals surface area contributed by atoms with Crippen LogP contribution in [0.1, 0.15) is 52.4 Å². The lowest BCUT2D eigenvalue weighted by atomic mass is 9.98. The topological polar surface area (TPSA) is 15.3 Å². The minimum absolute atomic E-state index is 0.937. The summed E-state index contributed by atoms with van der Waals surface area (Å²) in [5, 5.41) is 3.48. The molecule has 0 aromatic rings. The Bertz CT molecular complexity index is 151.